The first-order valence-electron chi connectivity index (χ1n) is 7.83. The number of amides is 1. The van der Waals surface area contributed by atoms with Crippen LogP contribution < -0.4 is 0 Å². The van der Waals surface area contributed by atoms with Gasteiger partial charge in [-0.1, -0.05) is 33.6 Å². The maximum Gasteiger partial charge on any atom is 0.293 e. The quantitative estimate of drug-likeness (QED) is 0.921. The third-order valence-electron chi connectivity index (χ3n) is 4.07. The van der Waals surface area contributed by atoms with Crippen molar-refractivity contribution in [3.05, 3.63) is 11.6 Å². The number of nitrogens with one attached hydrogen (secondary N) is 1. The first kappa shape index (κ1) is 15.0. The molecular weight excluding hydrogens is 252 g/mol. The molecule has 5 nitrogen and oxygen atoms in total. The van der Waals surface area contributed by atoms with Crippen molar-refractivity contribution in [2.45, 2.75) is 58.8 Å². The van der Waals surface area contributed by atoms with Gasteiger partial charge in [0.2, 0.25) is 5.82 Å². The Labute approximate surface area is 121 Å². The third-order valence-corrected chi connectivity index (χ3v) is 4.07. The van der Waals surface area contributed by atoms with Gasteiger partial charge in [-0.3, -0.25) is 9.89 Å². The van der Waals surface area contributed by atoms with Gasteiger partial charge in [0.05, 0.1) is 0 Å². The Bertz CT molecular complexity index is 441. The molecule has 1 aliphatic heterocycles. The fraction of sp³-hybridized carbons (Fsp3) is 0.800. The summed E-state index contributed by atoms with van der Waals surface area (Å²) in [6.07, 6.45) is 5.96. The van der Waals surface area contributed by atoms with Crippen LogP contribution in [0.1, 0.15) is 75.2 Å². The van der Waals surface area contributed by atoms with E-state index >= 15 is 0 Å². The second kappa shape index (κ2) is 6.86. The molecule has 1 atom stereocenters. The van der Waals surface area contributed by atoms with Crippen LogP contribution in [-0.2, 0) is 0 Å². The van der Waals surface area contributed by atoms with Gasteiger partial charge < -0.3 is 4.90 Å². The van der Waals surface area contributed by atoms with E-state index in [2.05, 4.69) is 22.1 Å². The summed E-state index contributed by atoms with van der Waals surface area (Å²) in [6, 6.07) is 0. The predicted molar refractivity (Wildman–Crippen MR) is 78.6 cm³/mol. The number of aromatic amines is 1. The topological polar surface area (TPSA) is 61.9 Å². The molecule has 1 saturated heterocycles. The maximum absolute atomic E-state index is 12.4. The second-order valence-electron chi connectivity index (χ2n) is 6.08. The number of hydrogen-bond donors (Lipinski definition) is 1. The van der Waals surface area contributed by atoms with Crippen molar-refractivity contribution in [2.24, 2.45) is 5.92 Å². The van der Waals surface area contributed by atoms with Crippen LogP contribution in [0.3, 0.4) is 0 Å². The smallest absolute Gasteiger partial charge is 0.293 e. The van der Waals surface area contributed by atoms with Crippen molar-refractivity contribution in [2.75, 3.05) is 13.1 Å². The fourth-order valence-electron chi connectivity index (χ4n) is 2.83. The Morgan fingerprint density at radius 1 is 1.40 bits per heavy atom. The standard InChI is InChI=1S/C15H26N4O/c1-4-6-12-7-5-9-19(10-8-12)15(20)14-16-13(11(2)3)17-18-14/h11-12H,4-10H2,1-3H3,(H,16,17,18). The van der Waals surface area contributed by atoms with Crippen LogP contribution in [0.4, 0.5) is 0 Å². The zero-order valence-electron chi connectivity index (χ0n) is 12.9. The van der Waals surface area contributed by atoms with E-state index in [0.29, 0.717) is 5.82 Å². The molecule has 0 saturated carbocycles. The van der Waals surface area contributed by atoms with Crippen molar-refractivity contribution >= 4 is 5.91 Å². The molecule has 1 N–H and O–H groups in total. The molecule has 0 aliphatic carbocycles. The third kappa shape index (κ3) is 3.58. The molecule has 1 aromatic rings. The summed E-state index contributed by atoms with van der Waals surface area (Å²) in [7, 11) is 0. The summed E-state index contributed by atoms with van der Waals surface area (Å²) in [5.74, 6) is 2.12. The van der Waals surface area contributed by atoms with Crippen molar-refractivity contribution in [3.63, 3.8) is 0 Å². The molecule has 1 amide bonds. The number of nitrogens with zero attached hydrogens (tertiary/aromatic N) is 3. The van der Waals surface area contributed by atoms with E-state index in [9.17, 15) is 4.79 Å². The monoisotopic (exact) mass is 278 g/mol. The van der Waals surface area contributed by atoms with Crippen LogP contribution in [0.5, 0.6) is 0 Å². The minimum atomic E-state index is -0.0229. The summed E-state index contributed by atoms with van der Waals surface area (Å²) in [4.78, 5) is 18.7. The SMILES string of the molecule is CCCC1CCCN(C(=O)c2n[nH]c(C(C)C)n2)CC1. The van der Waals surface area contributed by atoms with Crippen LogP contribution in [0.15, 0.2) is 0 Å². The first-order chi connectivity index (χ1) is 9.61. The molecule has 112 valence electrons. The number of carbonyl (C=O) groups excluding carboxylic acids is 1. The lowest BCUT2D eigenvalue weighted by atomic mass is 9.96. The number of rotatable bonds is 4. The number of aromatic nitrogens is 3. The zero-order chi connectivity index (χ0) is 14.5. The van der Waals surface area contributed by atoms with Crippen LogP contribution in [0, 0.1) is 5.92 Å². The average Bonchev–Trinajstić information content (AvgIpc) is 2.80. The van der Waals surface area contributed by atoms with Gasteiger partial charge in [-0.2, -0.15) is 0 Å². The number of carbonyl (C=O) groups is 1. The average molecular weight is 278 g/mol. The molecule has 1 unspecified atom stereocenters. The van der Waals surface area contributed by atoms with Gasteiger partial charge in [0.15, 0.2) is 0 Å². The lowest BCUT2D eigenvalue weighted by molar-refractivity contribution is 0.0748. The highest BCUT2D eigenvalue weighted by molar-refractivity contribution is 5.90. The summed E-state index contributed by atoms with van der Waals surface area (Å²) >= 11 is 0. The largest absolute Gasteiger partial charge is 0.336 e. The Morgan fingerprint density at radius 2 is 2.20 bits per heavy atom. The van der Waals surface area contributed by atoms with E-state index in [0.717, 1.165) is 37.7 Å². The fourth-order valence-corrected chi connectivity index (χ4v) is 2.83. The Balaban J connectivity index is 1.98. The highest BCUT2D eigenvalue weighted by Gasteiger charge is 2.24. The molecule has 5 heteroatoms. The molecule has 0 bridgehead atoms. The van der Waals surface area contributed by atoms with Gasteiger partial charge in [-0.15, -0.1) is 5.10 Å². The summed E-state index contributed by atoms with van der Waals surface area (Å²) in [6.45, 7) is 7.99. The number of H-pyrrole nitrogens is 1. The summed E-state index contributed by atoms with van der Waals surface area (Å²) < 4.78 is 0. The van der Waals surface area contributed by atoms with E-state index in [4.69, 9.17) is 0 Å². The second-order valence-corrected chi connectivity index (χ2v) is 6.08. The Hall–Kier alpha value is -1.39. The van der Waals surface area contributed by atoms with Crippen molar-refractivity contribution < 1.29 is 4.79 Å². The Kier molecular flexibility index (Phi) is 5.15. The minimum Gasteiger partial charge on any atom is -0.336 e. The van der Waals surface area contributed by atoms with Crippen LogP contribution >= 0.6 is 0 Å². The molecule has 0 radical (unpaired) electrons. The highest BCUT2D eigenvalue weighted by Crippen LogP contribution is 2.22. The molecule has 2 rings (SSSR count). The zero-order valence-corrected chi connectivity index (χ0v) is 12.9. The lowest BCUT2D eigenvalue weighted by Gasteiger charge is -2.18. The predicted octanol–water partition coefficient (Wildman–Crippen LogP) is 2.97. The van der Waals surface area contributed by atoms with Crippen molar-refractivity contribution in [1.29, 1.82) is 0 Å². The maximum atomic E-state index is 12.4. The molecule has 1 aliphatic rings. The Morgan fingerprint density at radius 3 is 2.85 bits per heavy atom. The van der Waals surface area contributed by atoms with E-state index in [1.54, 1.807) is 0 Å². The lowest BCUT2D eigenvalue weighted by Crippen LogP contribution is -2.32. The normalized spacial score (nSPS) is 20.2. The van der Waals surface area contributed by atoms with Crippen LogP contribution in [0.25, 0.3) is 0 Å². The molecule has 0 aromatic carbocycles. The van der Waals surface area contributed by atoms with Gasteiger partial charge >= 0.3 is 0 Å². The van der Waals surface area contributed by atoms with Gasteiger partial charge in [-0.25, -0.2) is 4.98 Å². The summed E-state index contributed by atoms with van der Waals surface area (Å²) in [5, 5.41) is 6.93. The molecule has 20 heavy (non-hydrogen) atoms. The van der Waals surface area contributed by atoms with Gasteiger partial charge in [0.1, 0.15) is 5.82 Å². The highest BCUT2D eigenvalue weighted by atomic mass is 16.2. The van der Waals surface area contributed by atoms with Crippen LogP contribution in [0.2, 0.25) is 0 Å². The van der Waals surface area contributed by atoms with Gasteiger partial charge in [-0.05, 0) is 25.2 Å². The van der Waals surface area contributed by atoms with E-state index in [1.165, 1.54) is 19.3 Å². The molecule has 2 heterocycles. The van der Waals surface area contributed by atoms with Gasteiger partial charge in [0, 0.05) is 19.0 Å². The van der Waals surface area contributed by atoms with Crippen LogP contribution in [-0.4, -0.2) is 39.1 Å². The summed E-state index contributed by atoms with van der Waals surface area (Å²) in [5.41, 5.74) is 0. The molecule has 0 spiro atoms. The number of hydrogen-bond acceptors (Lipinski definition) is 3. The molecule has 1 aromatic heterocycles. The molecule has 1 fully saturated rings. The molecular formula is C15H26N4O. The van der Waals surface area contributed by atoms with Crippen molar-refractivity contribution in [1.82, 2.24) is 20.1 Å². The van der Waals surface area contributed by atoms with Gasteiger partial charge in [0.25, 0.3) is 5.91 Å². The van der Waals surface area contributed by atoms with Crippen molar-refractivity contribution in [3.8, 4) is 0 Å². The minimum absolute atomic E-state index is 0.0229. The van der Waals surface area contributed by atoms with E-state index in [1.807, 2.05) is 18.7 Å². The first-order valence-corrected chi connectivity index (χ1v) is 7.83. The van der Waals surface area contributed by atoms with E-state index in [-0.39, 0.29) is 11.8 Å². The number of likely N-dealkylation sites (tertiary alicyclic amines) is 1. The van der Waals surface area contributed by atoms with E-state index < -0.39 is 0 Å².